The highest BCUT2D eigenvalue weighted by molar-refractivity contribution is 7.15. The number of aromatic nitrogens is 1. The van der Waals surface area contributed by atoms with Crippen LogP contribution in [0.15, 0.2) is 0 Å². The molecule has 0 bridgehead atoms. The Labute approximate surface area is 119 Å². The summed E-state index contributed by atoms with van der Waals surface area (Å²) in [5.41, 5.74) is 6.77. The van der Waals surface area contributed by atoms with Crippen LogP contribution >= 0.6 is 11.3 Å². The first-order chi connectivity index (χ1) is 8.88. The van der Waals surface area contributed by atoms with Gasteiger partial charge in [0.05, 0.1) is 5.69 Å². The molecule has 4 nitrogen and oxygen atoms in total. The van der Waals surface area contributed by atoms with Gasteiger partial charge in [-0.15, -0.1) is 11.3 Å². The molecule has 0 spiro atoms. The van der Waals surface area contributed by atoms with Gasteiger partial charge in [0.2, 0.25) is 5.91 Å². The fourth-order valence-corrected chi connectivity index (χ4v) is 2.88. The first kappa shape index (κ1) is 16.1. The van der Waals surface area contributed by atoms with Crippen molar-refractivity contribution in [3.05, 3.63) is 10.6 Å². The molecule has 1 aromatic heterocycles. The third-order valence-corrected chi connectivity index (χ3v) is 4.25. The van der Waals surface area contributed by atoms with E-state index in [-0.39, 0.29) is 11.3 Å². The monoisotopic (exact) mass is 283 g/mol. The molecule has 1 heterocycles. The molecule has 0 aliphatic rings. The van der Waals surface area contributed by atoms with E-state index < -0.39 is 0 Å². The number of aryl methyl sites for hydroxylation is 2. The topological polar surface area (TPSA) is 68.0 Å². The molecule has 0 atom stereocenters. The van der Waals surface area contributed by atoms with E-state index in [1.54, 1.807) is 11.3 Å². The normalized spacial score (nSPS) is 11.6. The zero-order valence-corrected chi connectivity index (χ0v) is 13.2. The second-order valence-electron chi connectivity index (χ2n) is 5.63. The maximum atomic E-state index is 11.9. The lowest BCUT2D eigenvalue weighted by atomic mass is 9.84. The Morgan fingerprint density at radius 2 is 2.11 bits per heavy atom. The van der Waals surface area contributed by atoms with E-state index in [0.717, 1.165) is 30.1 Å². The predicted octanol–water partition coefficient (Wildman–Crippen LogP) is 3.11. The van der Waals surface area contributed by atoms with Gasteiger partial charge in [0.25, 0.3) is 0 Å². The fraction of sp³-hybridized carbons (Fsp3) is 0.714. The zero-order chi connectivity index (χ0) is 14.5. The number of nitrogens with one attached hydrogen (secondary N) is 1. The lowest BCUT2D eigenvalue weighted by molar-refractivity contribution is -0.116. The minimum absolute atomic E-state index is 0.0431. The first-order valence-electron chi connectivity index (χ1n) is 6.84. The molecule has 0 saturated carbocycles. The molecule has 0 aliphatic heterocycles. The van der Waals surface area contributed by atoms with Crippen LogP contribution in [0.25, 0.3) is 0 Å². The van der Waals surface area contributed by atoms with Crippen molar-refractivity contribution in [3.63, 3.8) is 0 Å². The van der Waals surface area contributed by atoms with E-state index in [1.807, 2.05) is 6.92 Å². The summed E-state index contributed by atoms with van der Waals surface area (Å²) in [6.07, 6.45) is 3.21. The number of nitrogens with zero attached hydrogens (tertiary/aromatic N) is 1. The Balaban J connectivity index is 2.47. The highest BCUT2D eigenvalue weighted by atomic mass is 32.1. The van der Waals surface area contributed by atoms with E-state index in [4.69, 9.17) is 5.73 Å². The van der Waals surface area contributed by atoms with Crippen molar-refractivity contribution in [2.75, 3.05) is 11.9 Å². The number of anilines is 1. The lowest BCUT2D eigenvalue weighted by Crippen LogP contribution is -2.20. The standard InChI is InChI=1S/C14H25N3OS/c1-5-11-10(2)19-13(16-11)17-12(18)6-7-14(3,4)8-9-15/h5-9,15H2,1-4H3,(H,16,17,18). The van der Waals surface area contributed by atoms with Gasteiger partial charge in [0, 0.05) is 11.3 Å². The number of nitrogens with two attached hydrogens (primary N) is 1. The summed E-state index contributed by atoms with van der Waals surface area (Å²) >= 11 is 1.55. The molecule has 1 amide bonds. The molecule has 3 N–H and O–H groups in total. The molecular weight excluding hydrogens is 258 g/mol. The van der Waals surface area contributed by atoms with Crippen LogP contribution in [0.5, 0.6) is 0 Å². The van der Waals surface area contributed by atoms with Crippen molar-refractivity contribution in [1.29, 1.82) is 0 Å². The molecule has 0 aromatic carbocycles. The Bertz CT molecular complexity index is 426. The average molecular weight is 283 g/mol. The largest absolute Gasteiger partial charge is 0.330 e. The summed E-state index contributed by atoms with van der Waals surface area (Å²) < 4.78 is 0. The number of carbonyl (C=O) groups is 1. The Kier molecular flexibility index (Phi) is 5.94. The van der Waals surface area contributed by atoms with Crippen LogP contribution < -0.4 is 11.1 Å². The molecule has 1 rings (SSSR count). The zero-order valence-electron chi connectivity index (χ0n) is 12.4. The molecule has 0 aliphatic carbocycles. The molecule has 5 heteroatoms. The summed E-state index contributed by atoms with van der Waals surface area (Å²) in [6, 6.07) is 0. The quantitative estimate of drug-likeness (QED) is 0.808. The second-order valence-corrected chi connectivity index (χ2v) is 6.83. The number of rotatable bonds is 7. The SMILES string of the molecule is CCc1nc(NC(=O)CCC(C)(C)CCN)sc1C. The van der Waals surface area contributed by atoms with Gasteiger partial charge in [0.15, 0.2) is 5.13 Å². The molecule has 0 fully saturated rings. The van der Waals surface area contributed by atoms with Crippen molar-refractivity contribution >= 4 is 22.4 Å². The average Bonchev–Trinajstić information content (AvgIpc) is 2.67. The predicted molar refractivity (Wildman–Crippen MR) is 81.5 cm³/mol. The fourth-order valence-electron chi connectivity index (χ4n) is 1.96. The van der Waals surface area contributed by atoms with Crippen molar-refractivity contribution in [2.24, 2.45) is 11.1 Å². The summed E-state index contributed by atoms with van der Waals surface area (Å²) in [4.78, 5) is 17.5. The van der Waals surface area contributed by atoms with Gasteiger partial charge < -0.3 is 11.1 Å². The van der Waals surface area contributed by atoms with Gasteiger partial charge in [-0.1, -0.05) is 20.8 Å². The van der Waals surface area contributed by atoms with Crippen LogP contribution in [0.4, 0.5) is 5.13 Å². The van der Waals surface area contributed by atoms with E-state index in [9.17, 15) is 4.79 Å². The van der Waals surface area contributed by atoms with Crippen LogP contribution in [-0.4, -0.2) is 17.4 Å². The van der Waals surface area contributed by atoms with Crippen molar-refractivity contribution in [1.82, 2.24) is 4.98 Å². The second kappa shape index (κ2) is 7.01. The van der Waals surface area contributed by atoms with Crippen LogP contribution in [0, 0.1) is 12.3 Å². The minimum Gasteiger partial charge on any atom is -0.330 e. The van der Waals surface area contributed by atoms with E-state index >= 15 is 0 Å². The van der Waals surface area contributed by atoms with Gasteiger partial charge in [0.1, 0.15) is 0 Å². The molecular formula is C14H25N3OS. The molecule has 0 unspecified atom stereocenters. The molecule has 1 aromatic rings. The van der Waals surface area contributed by atoms with Crippen LogP contribution in [0.1, 0.15) is 50.6 Å². The Morgan fingerprint density at radius 1 is 1.42 bits per heavy atom. The molecule has 0 radical (unpaired) electrons. The van der Waals surface area contributed by atoms with Crippen molar-refractivity contribution < 1.29 is 4.79 Å². The van der Waals surface area contributed by atoms with Gasteiger partial charge >= 0.3 is 0 Å². The highest BCUT2D eigenvalue weighted by Gasteiger charge is 2.18. The summed E-state index contributed by atoms with van der Waals surface area (Å²) in [7, 11) is 0. The first-order valence-corrected chi connectivity index (χ1v) is 7.66. The summed E-state index contributed by atoms with van der Waals surface area (Å²) in [6.45, 7) is 9.07. The van der Waals surface area contributed by atoms with Gasteiger partial charge in [-0.05, 0) is 38.1 Å². The Hall–Kier alpha value is -0.940. The third-order valence-electron chi connectivity index (χ3n) is 3.32. The number of amides is 1. The van der Waals surface area contributed by atoms with E-state index in [1.165, 1.54) is 4.88 Å². The van der Waals surface area contributed by atoms with E-state index in [2.05, 4.69) is 31.1 Å². The van der Waals surface area contributed by atoms with E-state index in [0.29, 0.717) is 13.0 Å². The van der Waals surface area contributed by atoms with Crippen molar-refractivity contribution in [3.8, 4) is 0 Å². The van der Waals surface area contributed by atoms with Crippen LogP contribution in [0.3, 0.4) is 0 Å². The van der Waals surface area contributed by atoms with Crippen LogP contribution in [0.2, 0.25) is 0 Å². The molecule has 108 valence electrons. The van der Waals surface area contributed by atoms with Gasteiger partial charge in [-0.2, -0.15) is 0 Å². The van der Waals surface area contributed by atoms with Crippen molar-refractivity contribution in [2.45, 2.75) is 53.4 Å². The summed E-state index contributed by atoms with van der Waals surface area (Å²) in [5, 5.41) is 3.61. The minimum atomic E-state index is 0.0431. The maximum absolute atomic E-state index is 11.9. The maximum Gasteiger partial charge on any atom is 0.226 e. The number of hydrogen-bond acceptors (Lipinski definition) is 4. The molecule has 0 saturated heterocycles. The summed E-state index contributed by atoms with van der Waals surface area (Å²) in [5.74, 6) is 0.0431. The van der Waals surface area contributed by atoms with Gasteiger partial charge in [-0.3, -0.25) is 4.79 Å². The van der Waals surface area contributed by atoms with Gasteiger partial charge in [-0.25, -0.2) is 4.98 Å². The third kappa shape index (κ3) is 5.28. The number of thiazole rings is 1. The Morgan fingerprint density at radius 3 is 2.63 bits per heavy atom. The van der Waals surface area contributed by atoms with Crippen LogP contribution in [-0.2, 0) is 11.2 Å². The lowest BCUT2D eigenvalue weighted by Gasteiger charge is -2.23. The number of carbonyl (C=O) groups excluding carboxylic acids is 1. The smallest absolute Gasteiger partial charge is 0.226 e. The number of hydrogen-bond donors (Lipinski definition) is 2. The highest BCUT2D eigenvalue weighted by Crippen LogP contribution is 2.27. The molecule has 19 heavy (non-hydrogen) atoms.